The van der Waals surface area contributed by atoms with Gasteiger partial charge in [0.15, 0.2) is 0 Å². The fraction of sp³-hybridized carbons (Fsp3) is 1.00. The van der Waals surface area contributed by atoms with E-state index >= 15 is 0 Å². The van der Waals surface area contributed by atoms with Crippen LogP contribution in [0.3, 0.4) is 0 Å². The topological polar surface area (TPSA) is 12.0 Å². The SMILES string of the molecule is C1CSCC2CC(C1)N2. The predicted octanol–water partition coefficient (Wildman–Crippen LogP) is 1.24. The molecule has 1 nitrogen and oxygen atoms in total. The summed E-state index contributed by atoms with van der Waals surface area (Å²) in [6, 6.07) is 1.77. The Morgan fingerprint density at radius 2 is 2.22 bits per heavy atom. The van der Waals surface area contributed by atoms with Crippen LogP contribution in [0.5, 0.6) is 0 Å². The average Bonchev–Trinajstić information content (AvgIpc) is 1.54. The molecule has 0 radical (unpaired) electrons. The zero-order valence-electron chi connectivity index (χ0n) is 5.60. The lowest BCUT2D eigenvalue weighted by Crippen LogP contribution is -2.54. The molecule has 0 aromatic carbocycles. The highest BCUT2D eigenvalue weighted by Crippen LogP contribution is 2.24. The van der Waals surface area contributed by atoms with Gasteiger partial charge < -0.3 is 5.32 Å². The van der Waals surface area contributed by atoms with Gasteiger partial charge in [0.25, 0.3) is 0 Å². The van der Waals surface area contributed by atoms with Crippen LogP contribution in [-0.2, 0) is 0 Å². The molecule has 2 bridgehead atoms. The van der Waals surface area contributed by atoms with Crippen LogP contribution in [0.4, 0.5) is 0 Å². The van der Waals surface area contributed by atoms with Crippen LogP contribution in [0, 0.1) is 0 Å². The van der Waals surface area contributed by atoms with Crippen molar-refractivity contribution in [3.8, 4) is 0 Å². The maximum absolute atomic E-state index is 3.56. The molecule has 52 valence electrons. The summed E-state index contributed by atoms with van der Waals surface area (Å²) in [7, 11) is 0. The second-order valence-electron chi connectivity index (χ2n) is 3.01. The first-order chi connectivity index (χ1) is 4.45. The minimum absolute atomic E-state index is 0.875. The highest BCUT2D eigenvalue weighted by molar-refractivity contribution is 7.99. The quantitative estimate of drug-likeness (QED) is 0.547. The fourth-order valence-electron chi connectivity index (χ4n) is 1.63. The van der Waals surface area contributed by atoms with E-state index in [2.05, 4.69) is 17.1 Å². The van der Waals surface area contributed by atoms with Gasteiger partial charge in [0.1, 0.15) is 0 Å². The second-order valence-corrected chi connectivity index (χ2v) is 4.16. The summed E-state index contributed by atoms with van der Waals surface area (Å²) in [5, 5.41) is 3.56. The first-order valence-electron chi connectivity index (χ1n) is 3.79. The van der Waals surface area contributed by atoms with Crippen LogP contribution in [-0.4, -0.2) is 23.6 Å². The molecule has 3 aliphatic heterocycles. The summed E-state index contributed by atoms with van der Waals surface area (Å²) in [5.74, 6) is 2.76. The van der Waals surface area contributed by atoms with Gasteiger partial charge in [0, 0.05) is 17.8 Å². The maximum atomic E-state index is 3.56. The van der Waals surface area contributed by atoms with Gasteiger partial charge in [-0.05, 0) is 25.0 Å². The Hall–Kier alpha value is 0.310. The molecule has 1 N–H and O–H groups in total. The first-order valence-corrected chi connectivity index (χ1v) is 4.94. The van der Waals surface area contributed by atoms with E-state index in [1.165, 1.54) is 30.8 Å². The first kappa shape index (κ1) is 6.05. The zero-order valence-corrected chi connectivity index (χ0v) is 6.41. The van der Waals surface area contributed by atoms with Gasteiger partial charge in [-0.15, -0.1) is 0 Å². The van der Waals surface area contributed by atoms with Gasteiger partial charge in [-0.2, -0.15) is 11.8 Å². The molecule has 3 fully saturated rings. The number of nitrogens with one attached hydrogen (secondary N) is 1. The summed E-state index contributed by atoms with van der Waals surface area (Å²) in [6.45, 7) is 0. The molecule has 3 heterocycles. The molecule has 0 aliphatic carbocycles. The number of fused-ring (bicyclic) bond motifs is 4. The summed E-state index contributed by atoms with van der Waals surface area (Å²) in [5.41, 5.74) is 0. The Kier molecular flexibility index (Phi) is 1.68. The maximum Gasteiger partial charge on any atom is 0.0175 e. The number of thioether (sulfide) groups is 1. The van der Waals surface area contributed by atoms with E-state index in [9.17, 15) is 0 Å². The smallest absolute Gasteiger partial charge is 0.0175 e. The Morgan fingerprint density at radius 1 is 1.33 bits per heavy atom. The molecule has 0 aromatic heterocycles. The van der Waals surface area contributed by atoms with Crippen molar-refractivity contribution in [3.05, 3.63) is 0 Å². The third-order valence-electron chi connectivity index (χ3n) is 2.20. The molecule has 2 atom stereocenters. The van der Waals surface area contributed by atoms with Crippen LogP contribution >= 0.6 is 11.8 Å². The molecule has 0 saturated carbocycles. The van der Waals surface area contributed by atoms with Crippen LogP contribution in [0.1, 0.15) is 19.3 Å². The van der Waals surface area contributed by atoms with Crippen molar-refractivity contribution in [2.75, 3.05) is 11.5 Å². The van der Waals surface area contributed by atoms with Gasteiger partial charge in [-0.3, -0.25) is 0 Å². The van der Waals surface area contributed by atoms with Gasteiger partial charge in [0.05, 0.1) is 0 Å². The number of hydrogen-bond donors (Lipinski definition) is 1. The van der Waals surface area contributed by atoms with Gasteiger partial charge in [-0.25, -0.2) is 0 Å². The van der Waals surface area contributed by atoms with E-state index in [1.807, 2.05) is 0 Å². The predicted molar refractivity (Wildman–Crippen MR) is 41.9 cm³/mol. The number of hydrogen-bond acceptors (Lipinski definition) is 2. The second kappa shape index (κ2) is 2.51. The van der Waals surface area contributed by atoms with Crippen LogP contribution in [0.25, 0.3) is 0 Å². The van der Waals surface area contributed by atoms with Crippen LogP contribution < -0.4 is 5.32 Å². The van der Waals surface area contributed by atoms with Gasteiger partial charge >= 0.3 is 0 Å². The lowest BCUT2D eigenvalue weighted by Gasteiger charge is -2.39. The van der Waals surface area contributed by atoms with Crippen molar-refractivity contribution in [2.24, 2.45) is 0 Å². The highest BCUT2D eigenvalue weighted by Gasteiger charge is 2.28. The summed E-state index contributed by atoms with van der Waals surface area (Å²) < 4.78 is 0. The zero-order chi connectivity index (χ0) is 6.10. The fourth-order valence-corrected chi connectivity index (χ4v) is 2.68. The summed E-state index contributed by atoms with van der Waals surface area (Å²) in [6.07, 6.45) is 4.30. The molecule has 0 aromatic rings. The lowest BCUT2D eigenvalue weighted by molar-refractivity contribution is 0.267. The molecule has 2 heteroatoms. The van der Waals surface area contributed by atoms with E-state index in [-0.39, 0.29) is 0 Å². The third kappa shape index (κ3) is 1.24. The van der Waals surface area contributed by atoms with Crippen molar-refractivity contribution in [2.45, 2.75) is 31.3 Å². The summed E-state index contributed by atoms with van der Waals surface area (Å²) in [4.78, 5) is 0. The van der Waals surface area contributed by atoms with Crippen molar-refractivity contribution in [3.63, 3.8) is 0 Å². The Balaban J connectivity index is 1.85. The molecule has 2 unspecified atom stereocenters. The molecule has 3 aliphatic rings. The normalized spacial score (nSPS) is 42.7. The van der Waals surface area contributed by atoms with Crippen molar-refractivity contribution in [1.29, 1.82) is 0 Å². The summed E-state index contributed by atoms with van der Waals surface area (Å²) >= 11 is 2.11. The van der Waals surface area contributed by atoms with Crippen LogP contribution in [0.15, 0.2) is 0 Å². The van der Waals surface area contributed by atoms with E-state index in [0.29, 0.717) is 0 Å². The standard InChI is InChI=1S/C7H13NS/c1-2-6-4-7(8-6)5-9-3-1/h6-8H,1-5H2. The monoisotopic (exact) mass is 143 g/mol. The molecule has 3 rings (SSSR count). The van der Waals surface area contributed by atoms with Gasteiger partial charge in [0.2, 0.25) is 0 Å². The van der Waals surface area contributed by atoms with Gasteiger partial charge in [-0.1, -0.05) is 0 Å². The lowest BCUT2D eigenvalue weighted by atomic mass is 9.94. The van der Waals surface area contributed by atoms with Crippen LogP contribution in [0.2, 0.25) is 0 Å². The highest BCUT2D eigenvalue weighted by atomic mass is 32.2. The molecule has 3 saturated heterocycles. The Bertz CT molecular complexity index is 83.6. The Labute approximate surface area is 60.6 Å². The minimum atomic E-state index is 0.875. The van der Waals surface area contributed by atoms with E-state index in [1.54, 1.807) is 0 Å². The van der Waals surface area contributed by atoms with E-state index < -0.39 is 0 Å². The average molecular weight is 143 g/mol. The Morgan fingerprint density at radius 3 is 3.11 bits per heavy atom. The number of rotatable bonds is 0. The molecular weight excluding hydrogens is 130 g/mol. The molecule has 9 heavy (non-hydrogen) atoms. The molecular formula is C7H13NS. The van der Waals surface area contributed by atoms with Crippen molar-refractivity contribution in [1.82, 2.24) is 5.32 Å². The third-order valence-corrected chi connectivity index (χ3v) is 3.42. The molecule has 0 amide bonds. The largest absolute Gasteiger partial charge is 0.310 e. The minimum Gasteiger partial charge on any atom is -0.310 e. The molecule has 0 spiro atoms. The van der Waals surface area contributed by atoms with E-state index in [0.717, 1.165) is 12.1 Å². The van der Waals surface area contributed by atoms with E-state index in [4.69, 9.17) is 0 Å². The van der Waals surface area contributed by atoms with Crippen molar-refractivity contribution >= 4 is 11.8 Å². The van der Waals surface area contributed by atoms with Crippen molar-refractivity contribution < 1.29 is 0 Å².